The summed E-state index contributed by atoms with van der Waals surface area (Å²) in [5.41, 5.74) is 3.60. The second kappa shape index (κ2) is 7.18. The minimum Gasteiger partial charge on any atom is -0.295 e. The van der Waals surface area contributed by atoms with Crippen LogP contribution < -0.4 is 0 Å². The fourth-order valence-electron chi connectivity index (χ4n) is 2.55. The van der Waals surface area contributed by atoms with Crippen LogP contribution in [0.1, 0.15) is 11.1 Å². The van der Waals surface area contributed by atoms with E-state index in [1.54, 1.807) is 0 Å². The first kappa shape index (κ1) is 14.7. The van der Waals surface area contributed by atoms with Crippen LogP contribution in [-0.4, -0.2) is 36.1 Å². The van der Waals surface area contributed by atoms with Gasteiger partial charge in [0, 0.05) is 19.6 Å². The first-order chi connectivity index (χ1) is 10.8. The molecule has 114 valence electrons. The van der Waals surface area contributed by atoms with Crippen LogP contribution in [0.4, 0.5) is 5.69 Å². The molecule has 0 atom stereocenters. The van der Waals surface area contributed by atoms with Gasteiger partial charge in [0.1, 0.15) is 0 Å². The molecule has 0 saturated carbocycles. The summed E-state index contributed by atoms with van der Waals surface area (Å²) >= 11 is 0. The van der Waals surface area contributed by atoms with Gasteiger partial charge in [-0.1, -0.05) is 53.3 Å². The van der Waals surface area contributed by atoms with Gasteiger partial charge >= 0.3 is 0 Å². The van der Waals surface area contributed by atoms with Crippen molar-refractivity contribution in [1.29, 1.82) is 0 Å². The molecule has 4 heteroatoms. The average molecular weight is 294 g/mol. The Balaban J connectivity index is 1.48. The van der Waals surface area contributed by atoms with Gasteiger partial charge in [-0.05, 0) is 24.6 Å². The Bertz CT molecular complexity index is 599. The van der Waals surface area contributed by atoms with Gasteiger partial charge in [0.05, 0.1) is 18.8 Å². The van der Waals surface area contributed by atoms with Crippen molar-refractivity contribution in [2.75, 3.05) is 26.2 Å². The molecule has 0 aliphatic carbocycles. The molecule has 0 bridgehead atoms. The molecule has 1 saturated heterocycles. The first-order valence-electron chi connectivity index (χ1n) is 7.79. The third kappa shape index (κ3) is 4.15. The van der Waals surface area contributed by atoms with Crippen LogP contribution in [0.15, 0.2) is 64.9 Å². The Kier molecular flexibility index (Phi) is 4.81. The summed E-state index contributed by atoms with van der Waals surface area (Å²) in [5.74, 6) is 0. The Morgan fingerprint density at radius 1 is 0.864 bits per heavy atom. The molecule has 2 aromatic rings. The fraction of sp³-hybridized carbons (Fsp3) is 0.333. The summed E-state index contributed by atoms with van der Waals surface area (Å²) in [4.78, 5) is 2.47. The molecule has 0 N–H and O–H groups in total. The SMILES string of the molecule is Cc1ccc(CN2CCN(N=Nc3ccccc3)CC2)cc1. The van der Waals surface area contributed by atoms with Gasteiger partial charge in [0.15, 0.2) is 0 Å². The van der Waals surface area contributed by atoms with E-state index in [2.05, 4.69) is 51.4 Å². The van der Waals surface area contributed by atoms with E-state index in [4.69, 9.17) is 0 Å². The highest BCUT2D eigenvalue weighted by Crippen LogP contribution is 2.13. The molecule has 4 nitrogen and oxygen atoms in total. The van der Waals surface area contributed by atoms with Gasteiger partial charge < -0.3 is 0 Å². The first-order valence-corrected chi connectivity index (χ1v) is 7.79. The summed E-state index contributed by atoms with van der Waals surface area (Å²) in [5, 5.41) is 10.7. The molecule has 1 heterocycles. The monoisotopic (exact) mass is 294 g/mol. The minimum absolute atomic E-state index is 0.907. The van der Waals surface area contributed by atoms with Crippen molar-refractivity contribution in [2.45, 2.75) is 13.5 Å². The maximum atomic E-state index is 4.34. The van der Waals surface area contributed by atoms with Crippen LogP contribution in [0.25, 0.3) is 0 Å². The molecule has 0 spiro atoms. The minimum atomic E-state index is 0.907. The third-order valence-electron chi connectivity index (χ3n) is 3.92. The molecule has 0 unspecified atom stereocenters. The number of aryl methyl sites for hydroxylation is 1. The second-order valence-electron chi connectivity index (χ2n) is 5.74. The molecule has 3 rings (SSSR count). The molecule has 22 heavy (non-hydrogen) atoms. The van der Waals surface area contributed by atoms with Gasteiger partial charge in [-0.2, -0.15) is 0 Å². The summed E-state index contributed by atoms with van der Waals surface area (Å²) in [6.07, 6.45) is 0. The zero-order chi connectivity index (χ0) is 15.2. The maximum absolute atomic E-state index is 4.34. The van der Waals surface area contributed by atoms with Gasteiger partial charge in [0.25, 0.3) is 0 Å². The Labute approximate surface area is 132 Å². The van der Waals surface area contributed by atoms with Crippen molar-refractivity contribution < 1.29 is 0 Å². The highest BCUT2D eigenvalue weighted by molar-refractivity contribution is 5.34. The zero-order valence-corrected chi connectivity index (χ0v) is 13.0. The lowest BCUT2D eigenvalue weighted by atomic mass is 10.1. The molecular weight excluding hydrogens is 272 g/mol. The van der Waals surface area contributed by atoms with Crippen molar-refractivity contribution >= 4 is 5.69 Å². The molecular formula is C18H22N4. The van der Waals surface area contributed by atoms with E-state index < -0.39 is 0 Å². The summed E-state index contributed by atoms with van der Waals surface area (Å²) in [6, 6.07) is 18.7. The average Bonchev–Trinajstić information content (AvgIpc) is 2.57. The summed E-state index contributed by atoms with van der Waals surface area (Å²) < 4.78 is 0. The zero-order valence-electron chi connectivity index (χ0n) is 13.0. The van der Waals surface area contributed by atoms with E-state index in [0.29, 0.717) is 0 Å². The van der Waals surface area contributed by atoms with Crippen LogP contribution >= 0.6 is 0 Å². The third-order valence-corrected chi connectivity index (χ3v) is 3.92. The fourth-order valence-corrected chi connectivity index (χ4v) is 2.55. The van der Waals surface area contributed by atoms with Crippen LogP contribution in [0.3, 0.4) is 0 Å². The number of hydrogen-bond acceptors (Lipinski definition) is 3. The lowest BCUT2D eigenvalue weighted by molar-refractivity contribution is 0.124. The molecule has 1 fully saturated rings. The molecule has 1 aliphatic rings. The number of nitrogens with zero attached hydrogens (tertiary/aromatic N) is 4. The molecule has 0 radical (unpaired) electrons. The van der Waals surface area contributed by atoms with Crippen LogP contribution in [0, 0.1) is 6.92 Å². The van der Waals surface area contributed by atoms with Gasteiger partial charge in [0.2, 0.25) is 0 Å². The van der Waals surface area contributed by atoms with Crippen LogP contribution in [-0.2, 0) is 6.54 Å². The van der Waals surface area contributed by atoms with Gasteiger partial charge in [-0.25, -0.2) is 0 Å². The summed E-state index contributed by atoms with van der Waals surface area (Å²) in [6.45, 7) is 7.07. The standard InChI is InChI=1S/C18H22N4/c1-16-7-9-17(10-8-16)15-21-11-13-22(14-12-21)20-19-18-5-3-2-4-6-18/h2-10H,11-15H2,1H3. The molecule has 2 aromatic carbocycles. The van der Waals surface area contributed by atoms with Crippen LogP contribution in [0.5, 0.6) is 0 Å². The Morgan fingerprint density at radius 2 is 1.55 bits per heavy atom. The van der Waals surface area contributed by atoms with Crippen molar-refractivity contribution in [3.63, 3.8) is 0 Å². The van der Waals surface area contributed by atoms with Crippen molar-refractivity contribution in [2.24, 2.45) is 10.3 Å². The van der Waals surface area contributed by atoms with E-state index in [9.17, 15) is 0 Å². The number of rotatable bonds is 4. The van der Waals surface area contributed by atoms with E-state index in [-0.39, 0.29) is 0 Å². The highest BCUT2D eigenvalue weighted by atomic mass is 15.6. The quantitative estimate of drug-likeness (QED) is 0.803. The molecule has 0 amide bonds. The smallest absolute Gasteiger partial charge is 0.0874 e. The van der Waals surface area contributed by atoms with Crippen molar-refractivity contribution in [3.8, 4) is 0 Å². The predicted molar refractivity (Wildman–Crippen MR) is 89.0 cm³/mol. The highest BCUT2D eigenvalue weighted by Gasteiger charge is 2.15. The number of benzene rings is 2. The lowest BCUT2D eigenvalue weighted by Crippen LogP contribution is -2.43. The van der Waals surface area contributed by atoms with Crippen molar-refractivity contribution in [3.05, 3.63) is 65.7 Å². The van der Waals surface area contributed by atoms with E-state index in [0.717, 1.165) is 38.4 Å². The second-order valence-corrected chi connectivity index (χ2v) is 5.74. The Hall–Kier alpha value is -2.20. The van der Waals surface area contributed by atoms with Crippen molar-refractivity contribution in [1.82, 2.24) is 9.91 Å². The van der Waals surface area contributed by atoms with Crippen LogP contribution in [0.2, 0.25) is 0 Å². The number of piperazine rings is 1. The molecule has 0 aromatic heterocycles. The van der Waals surface area contributed by atoms with Gasteiger partial charge in [-0.3, -0.25) is 9.91 Å². The van der Waals surface area contributed by atoms with E-state index >= 15 is 0 Å². The largest absolute Gasteiger partial charge is 0.295 e. The van der Waals surface area contributed by atoms with Gasteiger partial charge in [-0.15, -0.1) is 5.11 Å². The van der Waals surface area contributed by atoms with E-state index in [1.807, 2.05) is 30.3 Å². The lowest BCUT2D eigenvalue weighted by Gasteiger charge is -2.32. The topological polar surface area (TPSA) is 31.2 Å². The van der Waals surface area contributed by atoms with E-state index in [1.165, 1.54) is 11.1 Å². The summed E-state index contributed by atoms with van der Waals surface area (Å²) in [7, 11) is 0. The molecule has 1 aliphatic heterocycles. The Morgan fingerprint density at radius 3 is 2.23 bits per heavy atom. The predicted octanol–water partition coefficient (Wildman–Crippen LogP) is 3.81. The normalized spacial score (nSPS) is 16.3. The maximum Gasteiger partial charge on any atom is 0.0874 e. The number of hydrogen-bond donors (Lipinski definition) is 0.